The number of nitrogens with two attached hydrogens (primary N) is 1. The lowest BCUT2D eigenvalue weighted by molar-refractivity contribution is 1.10. The summed E-state index contributed by atoms with van der Waals surface area (Å²) in [7, 11) is 0.644. The molecule has 0 fully saturated rings. The molecule has 0 radical (unpaired) electrons. The predicted molar refractivity (Wildman–Crippen MR) is 134 cm³/mol. The molecule has 0 aliphatic heterocycles. The lowest BCUT2D eigenvalue weighted by Gasteiger charge is -2.16. The van der Waals surface area contributed by atoms with Crippen molar-refractivity contribution in [2.75, 3.05) is 6.54 Å². The number of allylic oxidation sites excluding steroid dienone is 1. The van der Waals surface area contributed by atoms with Gasteiger partial charge in [-0.2, -0.15) is 5.26 Å². The van der Waals surface area contributed by atoms with Crippen LogP contribution in [0.15, 0.2) is 77.6 Å². The third kappa shape index (κ3) is 5.94. The SMILES string of the molecule is C=N/C(=C(\C(=C\BCc1cccc(C)n1)C(=N)CN)c1ccncn1)c1cccc(C#N)c1. The van der Waals surface area contributed by atoms with Crippen LogP contribution in [-0.2, 0) is 6.32 Å². The summed E-state index contributed by atoms with van der Waals surface area (Å²) in [5, 5.41) is 18.0. The molecule has 0 bridgehead atoms. The number of rotatable bonds is 9. The maximum absolute atomic E-state index is 9.35. The Labute approximate surface area is 194 Å². The fraction of sp³-hybridized carbons (Fsp3) is 0.120. The van der Waals surface area contributed by atoms with E-state index in [9.17, 15) is 5.26 Å². The summed E-state index contributed by atoms with van der Waals surface area (Å²) in [6.45, 7) is 5.78. The van der Waals surface area contributed by atoms with E-state index >= 15 is 0 Å². The first-order valence-electron chi connectivity index (χ1n) is 10.5. The lowest BCUT2D eigenvalue weighted by atomic mass is 9.70. The number of aryl methyl sites for hydroxylation is 1. The molecule has 0 aliphatic rings. The number of nitrogens with one attached hydrogen (secondary N) is 1. The monoisotopic (exact) mass is 433 g/mol. The third-order valence-corrected chi connectivity index (χ3v) is 4.99. The Hall–Kier alpha value is -4.22. The van der Waals surface area contributed by atoms with Crippen molar-refractivity contribution in [3.63, 3.8) is 0 Å². The Morgan fingerprint density at radius 2 is 2.09 bits per heavy atom. The van der Waals surface area contributed by atoms with Crippen LogP contribution in [0.25, 0.3) is 11.3 Å². The number of hydrogen-bond donors (Lipinski definition) is 2. The van der Waals surface area contributed by atoms with Crippen molar-refractivity contribution in [3.8, 4) is 6.07 Å². The largest absolute Gasteiger partial charge is 0.325 e. The van der Waals surface area contributed by atoms with Crippen LogP contribution in [0.5, 0.6) is 0 Å². The molecule has 2 heterocycles. The summed E-state index contributed by atoms with van der Waals surface area (Å²) >= 11 is 0. The van der Waals surface area contributed by atoms with E-state index in [4.69, 9.17) is 11.1 Å². The zero-order valence-corrected chi connectivity index (χ0v) is 18.5. The van der Waals surface area contributed by atoms with Gasteiger partial charge in [0.15, 0.2) is 7.28 Å². The second-order valence-corrected chi connectivity index (χ2v) is 7.28. The molecule has 2 aromatic heterocycles. The van der Waals surface area contributed by atoms with Gasteiger partial charge in [0.1, 0.15) is 6.33 Å². The van der Waals surface area contributed by atoms with Crippen molar-refractivity contribution in [3.05, 3.63) is 101 Å². The highest BCUT2D eigenvalue weighted by atomic mass is 14.8. The van der Waals surface area contributed by atoms with Crippen LogP contribution < -0.4 is 5.73 Å². The van der Waals surface area contributed by atoms with E-state index in [1.54, 1.807) is 30.5 Å². The molecular formula is C25H24BN7. The van der Waals surface area contributed by atoms with Crippen LogP contribution in [0.1, 0.15) is 28.2 Å². The minimum atomic E-state index is 0.0474. The summed E-state index contributed by atoms with van der Waals surface area (Å²) in [6.07, 6.45) is 3.79. The van der Waals surface area contributed by atoms with Gasteiger partial charge >= 0.3 is 0 Å². The van der Waals surface area contributed by atoms with Gasteiger partial charge in [-0.25, -0.2) is 9.97 Å². The van der Waals surface area contributed by atoms with Gasteiger partial charge in [-0.15, -0.1) is 5.98 Å². The molecule has 0 unspecified atom stereocenters. The van der Waals surface area contributed by atoms with E-state index in [-0.39, 0.29) is 12.3 Å². The second-order valence-electron chi connectivity index (χ2n) is 7.28. The smallest absolute Gasteiger partial charge is 0.155 e. The van der Waals surface area contributed by atoms with Crippen molar-refractivity contribution in [2.24, 2.45) is 10.7 Å². The fourth-order valence-electron chi connectivity index (χ4n) is 3.47. The van der Waals surface area contributed by atoms with E-state index in [1.807, 2.05) is 37.2 Å². The third-order valence-electron chi connectivity index (χ3n) is 4.99. The van der Waals surface area contributed by atoms with Gasteiger partial charge < -0.3 is 11.1 Å². The van der Waals surface area contributed by atoms with E-state index < -0.39 is 0 Å². The number of nitrogens with zero attached hydrogens (tertiary/aromatic N) is 5. The highest BCUT2D eigenvalue weighted by Gasteiger charge is 2.19. The first-order valence-corrected chi connectivity index (χ1v) is 10.5. The average Bonchev–Trinajstić information content (AvgIpc) is 2.85. The van der Waals surface area contributed by atoms with E-state index in [0.29, 0.717) is 47.3 Å². The standard InChI is InChI=1S/C25H24BN7/c1-17-5-3-8-20(33-17)12-26-13-21(22(29)15-28)24(23-9-10-31-16-32-23)25(30-2)19-7-4-6-18(11-19)14-27/h3-11,13,16,26,29H,2,12,15,28H2,1H3/b21-13+,25-24+,29-22?. The number of aromatic nitrogens is 3. The summed E-state index contributed by atoms with van der Waals surface area (Å²) in [5.41, 5.74) is 11.6. The van der Waals surface area contributed by atoms with Gasteiger partial charge in [0.05, 0.1) is 28.7 Å². The van der Waals surface area contributed by atoms with Gasteiger partial charge in [0.2, 0.25) is 0 Å². The molecule has 0 aliphatic carbocycles. The van der Waals surface area contributed by atoms with Crippen LogP contribution in [0, 0.1) is 23.7 Å². The summed E-state index contributed by atoms with van der Waals surface area (Å²) in [5.74, 6) is 1.97. The Balaban J connectivity index is 2.16. The lowest BCUT2D eigenvalue weighted by Crippen LogP contribution is -2.18. The zero-order chi connectivity index (χ0) is 23.6. The molecule has 3 rings (SSSR count). The summed E-state index contributed by atoms with van der Waals surface area (Å²) in [4.78, 5) is 17.3. The molecule has 7 nitrogen and oxygen atoms in total. The van der Waals surface area contributed by atoms with Crippen LogP contribution in [0.3, 0.4) is 0 Å². The number of pyridine rings is 1. The minimum Gasteiger partial charge on any atom is -0.325 e. The van der Waals surface area contributed by atoms with Crippen LogP contribution in [-0.4, -0.2) is 41.2 Å². The van der Waals surface area contributed by atoms with Gasteiger partial charge in [-0.05, 0) is 55.9 Å². The Bertz CT molecular complexity index is 1260. The minimum absolute atomic E-state index is 0.0474. The molecule has 0 amide bonds. The maximum atomic E-state index is 9.35. The van der Waals surface area contributed by atoms with Gasteiger partial charge in [-0.3, -0.25) is 9.98 Å². The van der Waals surface area contributed by atoms with Gasteiger partial charge in [0, 0.05) is 35.3 Å². The zero-order valence-electron chi connectivity index (χ0n) is 18.5. The molecule has 33 heavy (non-hydrogen) atoms. The average molecular weight is 433 g/mol. The Morgan fingerprint density at radius 3 is 2.76 bits per heavy atom. The first-order chi connectivity index (χ1) is 16.1. The van der Waals surface area contributed by atoms with E-state index in [2.05, 4.69) is 32.7 Å². The molecule has 0 atom stereocenters. The van der Waals surface area contributed by atoms with Crippen molar-refractivity contribution in [1.29, 1.82) is 10.7 Å². The summed E-state index contributed by atoms with van der Waals surface area (Å²) < 4.78 is 0. The van der Waals surface area contributed by atoms with Crippen molar-refractivity contribution >= 4 is 31.0 Å². The maximum Gasteiger partial charge on any atom is 0.155 e. The van der Waals surface area contributed by atoms with Gasteiger partial charge in [0.25, 0.3) is 0 Å². The Kier molecular flexibility index (Phi) is 8.11. The molecule has 0 spiro atoms. The highest BCUT2D eigenvalue weighted by Crippen LogP contribution is 2.32. The number of hydrogen-bond acceptors (Lipinski definition) is 7. The molecule has 162 valence electrons. The van der Waals surface area contributed by atoms with Crippen molar-refractivity contribution in [1.82, 2.24) is 15.0 Å². The van der Waals surface area contributed by atoms with Crippen LogP contribution in [0.2, 0.25) is 0 Å². The molecule has 0 saturated heterocycles. The summed E-state index contributed by atoms with van der Waals surface area (Å²) in [6, 6.07) is 16.9. The molecular weight excluding hydrogens is 409 g/mol. The molecule has 3 N–H and O–H groups in total. The van der Waals surface area contributed by atoms with Gasteiger partial charge in [-0.1, -0.05) is 18.2 Å². The first kappa shape index (κ1) is 23.4. The quantitative estimate of drug-likeness (QED) is 0.305. The highest BCUT2D eigenvalue weighted by molar-refractivity contribution is 6.44. The second kappa shape index (κ2) is 11.4. The number of benzene rings is 1. The number of aliphatic imine (C=N–C) groups is 1. The molecule has 0 saturated carbocycles. The fourth-order valence-corrected chi connectivity index (χ4v) is 3.47. The predicted octanol–water partition coefficient (Wildman–Crippen LogP) is 3.12. The van der Waals surface area contributed by atoms with Crippen LogP contribution in [0.4, 0.5) is 0 Å². The molecule has 1 aromatic carbocycles. The van der Waals surface area contributed by atoms with Crippen molar-refractivity contribution in [2.45, 2.75) is 13.2 Å². The Morgan fingerprint density at radius 1 is 1.27 bits per heavy atom. The van der Waals surface area contributed by atoms with E-state index in [0.717, 1.165) is 11.4 Å². The van der Waals surface area contributed by atoms with Crippen molar-refractivity contribution < 1.29 is 0 Å². The molecule has 8 heteroatoms. The normalized spacial score (nSPS) is 11.8. The number of nitriles is 1. The topological polar surface area (TPSA) is 125 Å². The van der Waals surface area contributed by atoms with Crippen LogP contribution >= 0.6 is 0 Å². The molecule has 3 aromatic rings. The van der Waals surface area contributed by atoms with E-state index in [1.165, 1.54) is 6.33 Å².